The summed E-state index contributed by atoms with van der Waals surface area (Å²) in [6, 6.07) is 9.81. The molecule has 0 spiro atoms. The van der Waals surface area contributed by atoms with Crippen LogP contribution in [-0.4, -0.2) is 9.78 Å². The van der Waals surface area contributed by atoms with E-state index in [0.29, 0.717) is 5.56 Å². The second-order valence-corrected chi connectivity index (χ2v) is 5.88. The van der Waals surface area contributed by atoms with Gasteiger partial charge < -0.3 is 5.32 Å². The number of aromatic nitrogens is 2. The van der Waals surface area contributed by atoms with Crippen LogP contribution in [0.2, 0.25) is 0 Å². The number of benzene rings is 1. The lowest BCUT2D eigenvalue weighted by Crippen LogP contribution is -2.22. The molecular weight excluding hydrogens is 248 g/mol. The molecule has 1 heterocycles. The maximum atomic E-state index is 8.86. The molecule has 1 aromatic heterocycles. The first-order valence-electron chi connectivity index (χ1n) is 6.73. The second kappa shape index (κ2) is 5.89. The lowest BCUT2D eigenvalue weighted by atomic mass is 10.1. The van der Waals surface area contributed by atoms with Crippen molar-refractivity contribution >= 4 is 0 Å². The Kier molecular flexibility index (Phi) is 4.21. The summed E-state index contributed by atoms with van der Waals surface area (Å²) >= 11 is 0. The average molecular weight is 268 g/mol. The zero-order valence-corrected chi connectivity index (χ0v) is 12.2. The number of hydrogen-bond acceptors (Lipinski definition) is 3. The van der Waals surface area contributed by atoms with Crippen LogP contribution in [0.1, 0.15) is 37.5 Å². The van der Waals surface area contributed by atoms with Gasteiger partial charge in [-0.3, -0.25) is 4.68 Å². The molecular formula is C16H20N4. The summed E-state index contributed by atoms with van der Waals surface area (Å²) in [5, 5.41) is 16.6. The highest BCUT2D eigenvalue weighted by atomic mass is 15.3. The summed E-state index contributed by atoms with van der Waals surface area (Å²) < 4.78 is 1.97. The molecule has 0 aliphatic carbocycles. The van der Waals surface area contributed by atoms with Crippen LogP contribution in [0.3, 0.4) is 0 Å². The fourth-order valence-electron chi connectivity index (χ4n) is 1.92. The monoisotopic (exact) mass is 268 g/mol. The van der Waals surface area contributed by atoms with Gasteiger partial charge in [0.25, 0.3) is 0 Å². The normalized spacial score (nSPS) is 11.3. The van der Waals surface area contributed by atoms with Crippen molar-refractivity contribution in [1.82, 2.24) is 15.1 Å². The van der Waals surface area contributed by atoms with E-state index in [4.69, 9.17) is 5.26 Å². The van der Waals surface area contributed by atoms with Crippen molar-refractivity contribution in [2.45, 2.75) is 39.4 Å². The Morgan fingerprint density at radius 3 is 2.65 bits per heavy atom. The molecule has 1 N–H and O–H groups in total. The maximum Gasteiger partial charge on any atom is 0.0991 e. The van der Waals surface area contributed by atoms with Crippen LogP contribution in [0.4, 0.5) is 0 Å². The number of nitrogens with one attached hydrogen (secondary N) is 1. The Morgan fingerprint density at radius 2 is 2.00 bits per heavy atom. The molecule has 0 saturated heterocycles. The minimum atomic E-state index is 0.0133. The van der Waals surface area contributed by atoms with E-state index in [1.807, 2.05) is 35.1 Å². The summed E-state index contributed by atoms with van der Waals surface area (Å²) in [5.41, 5.74) is 2.99. The zero-order chi connectivity index (χ0) is 14.6. The molecule has 0 aliphatic heterocycles. The summed E-state index contributed by atoms with van der Waals surface area (Å²) in [6.45, 7) is 7.91. The Balaban J connectivity index is 1.90. The van der Waals surface area contributed by atoms with Gasteiger partial charge in [0.05, 0.1) is 23.4 Å². The lowest BCUT2D eigenvalue weighted by Gasteiger charge is -2.18. The first-order valence-corrected chi connectivity index (χ1v) is 6.73. The van der Waals surface area contributed by atoms with E-state index in [1.54, 1.807) is 0 Å². The minimum absolute atomic E-state index is 0.0133. The van der Waals surface area contributed by atoms with Gasteiger partial charge in [0, 0.05) is 24.8 Å². The molecule has 0 bridgehead atoms. The molecule has 0 unspecified atom stereocenters. The first kappa shape index (κ1) is 14.3. The van der Waals surface area contributed by atoms with Gasteiger partial charge in [0.2, 0.25) is 0 Å². The van der Waals surface area contributed by atoms with E-state index in [2.05, 4.69) is 43.5 Å². The van der Waals surface area contributed by atoms with Crippen LogP contribution in [-0.2, 0) is 18.6 Å². The van der Waals surface area contributed by atoms with E-state index < -0.39 is 0 Å². The predicted octanol–water partition coefficient (Wildman–Crippen LogP) is 2.80. The van der Waals surface area contributed by atoms with E-state index in [9.17, 15) is 0 Å². The highest BCUT2D eigenvalue weighted by Gasteiger charge is 2.13. The minimum Gasteiger partial charge on any atom is -0.309 e. The standard InChI is InChI=1S/C16H20N4/c1-16(2,3)20-12-15(11-19-20)10-18-9-14-6-4-5-13(7-14)8-17/h4-7,11-12,18H,9-10H2,1-3H3. The van der Waals surface area contributed by atoms with E-state index in [0.717, 1.165) is 24.2 Å². The highest BCUT2D eigenvalue weighted by Crippen LogP contribution is 2.13. The van der Waals surface area contributed by atoms with Crippen LogP contribution >= 0.6 is 0 Å². The fraction of sp³-hybridized carbons (Fsp3) is 0.375. The van der Waals surface area contributed by atoms with E-state index >= 15 is 0 Å². The molecule has 0 radical (unpaired) electrons. The van der Waals surface area contributed by atoms with Gasteiger partial charge in [-0.2, -0.15) is 10.4 Å². The number of nitriles is 1. The van der Waals surface area contributed by atoms with Gasteiger partial charge in [0.15, 0.2) is 0 Å². The van der Waals surface area contributed by atoms with E-state index in [-0.39, 0.29) is 5.54 Å². The van der Waals surface area contributed by atoms with Gasteiger partial charge in [-0.15, -0.1) is 0 Å². The third-order valence-electron chi connectivity index (χ3n) is 3.04. The quantitative estimate of drug-likeness (QED) is 0.927. The molecule has 2 aromatic rings. The number of hydrogen-bond donors (Lipinski definition) is 1. The average Bonchev–Trinajstić information content (AvgIpc) is 2.88. The van der Waals surface area contributed by atoms with Crippen molar-refractivity contribution in [2.24, 2.45) is 0 Å². The molecule has 0 atom stereocenters. The van der Waals surface area contributed by atoms with E-state index in [1.165, 1.54) is 0 Å². The highest BCUT2D eigenvalue weighted by molar-refractivity contribution is 5.32. The van der Waals surface area contributed by atoms with Gasteiger partial charge in [-0.05, 0) is 38.5 Å². The van der Waals surface area contributed by atoms with Crippen LogP contribution in [0.25, 0.3) is 0 Å². The SMILES string of the molecule is CC(C)(C)n1cc(CNCc2cccc(C#N)c2)cn1. The third kappa shape index (κ3) is 3.69. The molecule has 0 fully saturated rings. The van der Waals surface area contributed by atoms with Crippen LogP contribution < -0.4 is 5.32 Å². The predicted molar refractivity (Wildman–Crippen MR) is 78.9 cm³/mol. The third-order valence-corrected chi connectivity index (χ3v) is 3.04. The smallest absolute Gasteiger partial charge is 0.0991 e. The summed E-state index contributed by atoms with van der Waals surface area (Å²) in [7, 11) is 0. The van der Waals surface area contributed by atoms with Gasteiger partial charge in [0.1, 0.15) is 0 Å². The lowest BCUT2D eigenvalue weighted by molar-refractivity contribution is 0.355. The molecule has 2 rings (SSSR count). The number of nitrogens with zero attached hydrogens (tertiary/aromatic N) is 3. The van der Waals surface area contributed by atoms with Crippen molar-refractivity contribution in [2.75, 3.05) is 0 Å². The summed E-state index contributed by atoms with van der Waals surface area (Å²) in [5.74, 6) is 0. The van der Waals surface area contributed by atoms with Crippen molar-refractivity contribution in [3.05, 3.63) is 53.3 Å². The van der Waals surface area contributed by atoms with Crippen molar-refractivity contribution in [3.63, 3.8) is 0 Å². The fourth-order valence-corrected chi connectivity index (χ4v) is 1.92. The Morgan fingerprint density at radius 1 is 1.25 bits per heavy atom. The molecule has 104 valence electrons. The Hall–Kier alpha value is -2.12. The van der Waals surface area contributed by atoms with Crippen molar-refractivity contribution in [3.8, 4) is 6.07 Å². The van der Waals surface area contributed by atoms with Crippen LogP contribution in [0, 0.1) is 11.3 Å². The Bertz CT molecular complexity index is 614. The molecule has 0 saturated carbocycles. The molecule has 0 aliphatic rings. The van der Waals surface area contributed by atoms with Crippen LogP contribution in [0.15, 0.2) is 36.7 Å². The molecule has 4 nitrogen and oxygen atoms in total. The molecule has 4 heteroatoms. The zero-order valence-electron chi connectivity index (χ0n) is 12.2. The van der Waals surface area contributed by atoms with Gasteiger partial charge in [-0.1, -0.05) is 12.1 Å². The summed E-state index contributed by atoms with van der Waals surface area (Å²) in [4.78, 5) is 0. The first-order chi connectivity index (χ1) is 9.49. The summed E-state index contributed by atoms with van der Waals surface area (Å²) in [6.07, 6.45) is 3.96. The molecule has 1 aromatic carbocycles. The van der Waals surface area contributed by atoms with Crippen molar-refractivity contribution in [1.29, 1.82) is 5.26 Å². The van der Waals surface area contributed by atoms with Crippen molar-refractivity contribution < 1.29 is 0 Å². The maximum absolute atomic E-state index is 8.86. The van der Waals surface area contributed by atoms with Gasteiger partial charge >= 0.3 is 0 Å². The molecule has 20 heavy (non-hydrogen) atoms. The Labute approximate surface area is 120 Å². The number of rotatable bonds is 4. The molecule has 0 amide bonds. The topological polar surface area (TPSA) is 53.6 Å². The van der Waals surface area contributed by atoms with Crippen LogP contribution in [0.5, 0.6) is 0 Å². The largest absolute Gasteiger partial charge is 0.309 e. The second-order valence-electron chi connectivity index (χ2n) is 5.88. The van der Waals surface area contributed by atoms with Gasteiger partial charge in [-0.25, -0.2) is 0 Å².